The van der Waals surface area contributed by atoms with E-state index in [4.69, 9.17) is 0 Å². The number of benzene rings is 1. The van der Waals surface area contributed by atoms with Crippen LogP contribution in [0.25, 0.3) is 6.08 Å². The Kier molecular flexibility index (Phi) is 14.7. The summed E-state index contributed by atoms with van der Waals surface area (Å²) in [7, 11) is 2.17. The summed E-state index contributed by atoms with van der Waals surface area (Å²) in [6.45, 7) is 10.8. The third-order valence-corrected chi connectivity index (χ3v) is 3.75. The molecule has 0 heterocycles. The van der Waals surface area contributed by atoms with Crippen LogP contribution in [0.5, 0.6) is 0 Å². The molecule has 0 saturated heterocycles. The van der Waals surface area contributed by atoms with Crippen LogP contribution in [0.15, 0.2) is 43.5 Å². The molecule has 0 spiro atoms. The molecule has 1 fully saturated rings. The molecule has 1 saturated carbocycles. The van der Waals surface area contributed by atoms with E-state index in [2.05, 4.69) is 59.4 Å². The molecule has 0 nitrogen and oxygen atoms in total. The van der Waals surface area contributed by atoms with Gasteiger partial charge in [-0.2, -0.15) is 0 Å². The van der Waals surface area contributed by atoms with E-state index in [0.717, 1.165) is 11.8 Å². The fraction of sp³-hybridized carbons (Fsp3) is 0.353. The number of rotatable bonds is 3. The second-order valence-corrected chi connectivity index (χ2v) is 4.72. The molecule has 3 heteroatoms. The minimum atomic E-state index is 0. The Morgan fingerprint density at radius 3 is 1.85 bits per heavy atom. The first kappa shape index (κ1) is 22.6. The van der Waals surface area contributed by atoms with Gasteiger partial charge in [-0.25, -0.2) is 0 Å². The molecule has 20 heavy (non-hydrogen) atoms. The minimum Gasteiger partial charge on any atom is -0.323 e. The largest absolute Gasteiger partial charge is 0.323 e. The van der Waals surface area contributed by atoms with Gasteiger partial charge in [0.2, 0.25) is 0 Å². The molecule has 108 valence electrons. The Hall–Kier alpha value is 0.299. The summed E-state index contributed by atoms with van der Waals surface area (Å²) < 4.78 is 0. The smallest absolute Gasteiger partial charge is 0 e. The van der Waals surface area contributed by atoms with Crippen LogP contribution < -0.4 is 0 Å². The van der Waals surface area contributed by atoms with Crippen LogP contribution in [0, 0.1) is 12.6 Å². The molecule has 1 aliphatic rings. The van der Waals surface area contributed by atoms with Gasteiger partial charge in [-0.05, 0) is 48.6 Å². The number of allylic oxidation sites excluding steroid dienone is 1. The van der Waals surface area contributed by atoms with Crippen molar-refractivity contribution in [3.8, 4) is 0 Å². The summed E-state index contributed by atoms with van der Waals surface area (Å²) in [6.07, 6.45) is 9.25. The van der Waals surface area contributed by atoms with Gasteiger partial charge in [0.25, 0.3) is 0 Å². The quantitative estimate of drug-likeness (QED) is 0.382. The average molecular weight is 361 g/mol. The molecular formula is C17H24PV2-. The first-order valence-corrected chi connectivity index (χ1v) is 7.41. The molecule has 1 aliphatic carbocycles. The summed E-state index contributed by atoms with van der Waals surface area (Å²) >= 11 is 0. The standard InChI is InChI=1S/C16H20.CH4P.2V/c1-3-13-5-9-15(10-6-13)16-11-7-14(4-2)8-12-16;1-2;;/h3-6,9-10,14,16H,1-2,7-8,11-12H2;1-2H2;;/q;-1;;. The van der Waals surface area contributed by atoms with Gasteiger partial charge < -0.3 is 15.9 Å². The third-order valence-electron chi connectivity index (χ3n) is 3.75. The molecule has 1 aromatic carbocycles. The van der Waals surface area contributed by atoms with Crippen molar-refractivity contribution in [3.63, 3.8) is 0 Å². The maximum atomic E-state index is 3.89. The zero-order valence-corrected chi connectivity index (χ0v) is 16.0. The van der Waals surface area contributed by atoms with Gasteiger partial charge in [0.05, 0.1) is 0 Å². The van der Waals surface area contributed by atoms with Crippen molar-refractivity contribution in [3.05, 3.63) is 61.3 Å². The van der Waals surface area contributed by atoms with Gasteiger partial charge in [-0.15, -0.1) is 6.58 Å². The van der Waals surface area contributed by atoms with E-state index in [1.165, 1.54) is 36.8 Å². The fourth-order valence-corrected chi connectivity index (χ4v) is 2.59. The Morgan fingerprint density at radius 1 is 0.950 bits per heavy atom. The van der Waals surface area contributed by atoms with Gasteiger partial charge in [0.1, 0.15) is 0 Å². The molecule has 2 radical (unpaired) electrons. The van der Waals surface area contributed by atoms with E-state index >= 15 is 0 Å². The topological polar surface area (TPSA) is 0 Å². The Balaban J connectivity index is 0. The fourth-order valence-electron chi connectivity index (χ4n) is 2.59. The van der Waals surface area contributed by atoms with Crippen molar-refractivity contribution < 1.29 is 37.1 Å². The molecule has 1 atom stereocenters. The number of hydrogen-bond acceptors (Lipinski definition) is 0. The molecule has 0 aromatic heterocycles. The van der Waals surface area contributed by atoms with Crippen molar-refractivity contribution >= 4 is 15.3 Å². The second kappa shape index (κ2) is 13.0. The van der Waals surface area contributed by atoms with Gasteiger partial charge in [-0.1, -0.05) is 43.0 Å². The van der Waals surface area contributed by atoms with Crippen molar-refractivity contribution in [2.45, 2.75) is 31.6 Å². The maximum absolute atomic E-state index is 3.89. The second-order valence-electron chi connectivity index (χ2n) is 4.72. The SMILES string of the molecule is C=Cc1ccc(C2CCC(C=C)CC2)cc1.[CH2-]P.[V].[V]. The van der Waals surface area contributed by atoms with Crippen LogP contribution in [-0.4, -0.2) is 0 Å². The molecule has 0 amide bonds. The summed E-state index contributed by atoms with van der Waals surface area (Å²) in [4.78, 5) is 0. The monoisotopic (exact) mass is 361 g/mol. The van der Waals surface area contributed by atoms with E-state index in [9.17, 15) is 0 Å². The van der Waals surface area contributed by atoms with Crippen molar-refractivity contribution in [2.24, 2.45) is 5.92 Å². The Morgan fingerprint density at radius 2 is 1.45 bits per heavy atom. The maximum Gasteiger partial charge on any atom is 0 e. The Labute approximate surface area is 150 Å². The van der Waals surface area contributed by atoms with E-state index < -0.39 is 0 Å². The first-order chi connectivity index (χ1) is 8.83. The zero-order valence-electron chi connectivity index (χ0n) is 12.0. The minimum absolute atomic E-state index is 0. The van der Waals surface area contributed by atoms with Gasteiger partial charge in [0.15, 0.2) is 0 Å². The van der Waals surface area contributed by atoms with Crippen LogP contribution in [0.4, 0.5) is 0 Å². The molecular weight excluding hydrogens is 337 g/mol. The predicted octanol–water partition coefficient (Wildman–Crippen LogP) is 5.44. The number of hydrogen-bond donors (Lipinski definition) is 0. The van der Waals surface area contributed by atoms with Gasteiger partial charge in [-0.3, -0.25) is 0 Å². The van der Waals surface area contributed by atoms with Crippen LogP contribution in [0.2, 0.25) is 0 Å². The van der Waals surface area contributed by atoms with Crippen molar-refractivity contribution in [1.29, 1.82) is 0 Å². The predicted molar refractivity (Wildman–Crippen MR) is 86.5 cm³/mol. The average Bonchev–Trinajstić information content (AvgIpc) is 2.49. The Bertz CT molecular complexity index is 365. The van der Waals surface area contributed by atoms with Crippen LogP contribution >= 0.6 is 9.24 Å². The van der Waals surface area contributed by atoms with Gasteiger partial charge in [0, 0.05) is 37.1 Å². The van der Waals surface area contributed by atoms with Crippen LogP contribution in [0.1, 0.15) is 42.7 Å². The molecule has 1 unspecified atom stereocenters. The van der Waals surface area contributed by atoms with E-state index in [0.29, 0.717) is 0 Å². The van der Waals surface area contributed by atoms with Crippen molar-refractivity contribution in [1.82, 2.24) is 0 Å². The molecule has 0 N–H and O–H groups in total. The summed E-state index contributed by atoms with van der Waals surface area (Å²) in [5.74, 6) is 1.51. The normalized spacial score (nSPS) is 20.3. The van der Waals surface area contributed by atoms with Crippen LogP contribution in [-0.2, 0) is 37.1 Å². The zero-order chi connectivity index (χ0) is 13.4. The third kappa shape index (κ3) is 6.84. The summed E-state index contributed by atoms with van der Waals surface area (Å²) in [5, 5.41) is 0. The summed E-state index contributed by atoms with van der Waals surface area (Å²) in [6, 6.07) is 8.86. The van der Waals surface area contributed by atoms with Crippen molar-refractivity contribution in [2.75, 3.05) is 0 Å². The van der Waals surface area contributed by atoms with E-state index in [1.807, 2.05) is 6.08 Å². The molecule has 0 aliphatic heterocycles. The summed E-state index contributed by atoms with van der Waals surface area (Å²) in [5.41, 5.74) is 2.71. The van der Waals surface area contributed by atoms with E-state index in [-0.39, 0.29) is 37.1 Å². The molecule has 2 rings (SSSR count). The van der Waals surface area contributed by atoms with E-state index in [1.54, 1.807) is 0 Å². The van der Waals surface area contributed by atoms with Gasteiger partial charge >= 0.3 is 0 Å². The van der Waals surface area contributed by atoms with Crippen LogP contribution in [0.3, 0.4) is 0 Å². The first-order valence-electron chi connectivity index (χ1n) is 6.59. The molecule has 0 bridgehead atoms. The molecule has 1 aromatic rings.